The Kier molecular flexibility index (Phi) is 5.00. The number of nitrogens with zero attached hydrogens (tertiary/aromatic N) is 1. The molecule has 0 spiro atoms. The highest BCUT2D eigenvalue weighted by Crippen LogP contribution is 2.44. The van der Waals surface area contributed by atoms with Crippen molar-refractivity contribution in [3.63, 3.8) is 0 Å². The van der Waals surface area contributed by atoms with E-state index in [9.17, 15) is 10.2 Å². The fourth-order valence-corrected chi connectivity index (χ4v) is 4.98. The summed E-state index contributed by atoms with van der Waals surface area (Å²) in [6.07, 6.45) is 6.11. The summed E-state index contributed by atoms with van der Waals surface area (Å²) in [5.41, 5.74) is 8.35. The van der Waals surface area contributed by atoms with Gasteiger partial charge in [-0.25, -0.2) is 0 Å². The van der Waals surface area contributed by atoms with Crippen LogP contribution >= 0.6 is 0 Å². The lowest BCUT2D eigenvalue weighted by Crippen LogP contribution is -2.32. The van der Waals surface area contributed by atoms with E-state index >= 15 is 0 Å². The quantitative estimate of drug-likeness (QED) is 0.555. The Bertz CT molecular complexity index is 1070. The minimum atomic E-state index is -0.418. The van der Waals surface area contributed by atoms with Gasteiger partial charge in [-0.05, 0) is 71.7 Å². The van der Waals surface area contributed by atoms with E-state index in [0.717, 1.165) is 62.0 Å². The van der Waals surface area contributed by atoms with Crippen molar-refractivity contribution < 1.29 is 10.2 Å². The average Bonchev–Trinajstić information content (AvgIpc) is 3.30. The molecule has 29 heavy (non-hydrogen) atoms. The first-order valence-electron chi connectivity index (χ1n) is 10.7. The molecule has 1 atom stereocenters. The molecule has 5 rings (SSSR count). The second-order valence-corrected chi connectivity index (χ2v) is 8.33. The first-order chi connectivity index (χ1) is 14.2. The van der Waals surface area contributed by atoms with Crippen molar-refractivity contribution in [1.29, 1.82) is 0 Å². The van der Waals surface area contributed by atoms with Crippen molar-refractivity contribution in [2.45, 2.75) is 38.4 Å². The summed E-state index contributed by atoms with van der Waals surface area (Å²) < 4.78 is 0. The van der Waals surface area contributed by atoms with Crippen LogP contribution in [0.2, 0.25) is 0 Å². The summed E-state index contributed by atoms with van der Waals surface area (Å²) in [7, 11) is 0. The predicted octanol–water partition coefficient (Wildman–Crippen LogP) is 4.19. The van der Waals surface area contributed by atoms with Crippen LogP contribution in [0.3, 0.4) is 0 Å². The Labute approximate surface area is 171 Å². The SMILES string of the molecule is OCc1ccc2c(CCCCN3CCC4=C(C3)C(O)c3ccccc34)c[nH]c2c1. The third-order valence-electron chi connectivity index (χ3n) is 6.56. The second-order valence-electron chi connectivity index (χ2n) is 8.33. The first-order valence-corrected chi connectivity index (χ1v) is 10.7. The van der Waals surface area contributed by atoms with Gasteiger partial charge in [0.2, 0.25) is 0 Å². The fraction of sp³-hybridized carbons (Fsp3) is 0.360. The van der Waals surface area contributed by atoms with E-state index in [0.29, 0.717) is 0 Å². The van der Waals surface area contributed by atoms with Gasteiger partial charge in [0.25, 0.3) is 0 Å². The van der Waals surface area contributed by atoms with E-state index < -0.39 is 6.10 Å². The van der Waals surface area contributed by atoms with Crippen molar-refractivity contribution in [3.05, 3.63) is 76.5 Å². The molecule has 0 radical (unpaired) electrons. The monoisotopic (exact) mass is 388 g/mol. The molecule has 1 aromatic heterocycles. The minimum absolute atomic E-state index is 0.0814. The number of aromatic nitrogens is 1. The molecular weight excluding hydrogens is 360 g/mol. The van der Waals surface area contributed by atoms with Crippen molar-refractivity contribution in [1.82, 2.24) is 9.88 Å². The normalized spacial score (nSPS) is 19.0. The second kappa shape index (κ2) is 7.79. The van der Waals surface area contributed by atoms with Crippen molar-refractivity contribution in [2.75, 3.05) is 19.6 Å². The van der Waals surface area contributed by atoms with Crippen LogP contribution in [0.5, 0.6) is 0 Å². The number of unbranched alkanes of at least 4 members (excludes halogenated alkanes) is 1. The number of aliphatic hydroxyl groups is 2. The summed E-state index contributed by atoms with van der Waals surface area (Å²) in [6, 6.07) is 14.5. The highest BCUT2D eigenvalue weighted by molar-refractivity contribution is 5.83. The summed E-state index contributed by atoms with van der Waals surface area (Å²) in [4.78, 5) is 5.83. The van der Waals surface area contributed by atoms with E-state index in [-0.39, 0.29) is 6.61 Å². The van der Waals surface area contributed by atoms with Crippen LogP contribution in [0.4, 0.5) is 0 Å². The standard InChI is InChI=1S/C25H28N2O2/c28-16-17-8-9-19-18(14-26-24(19)13-17)5-3-4-11-27-12-10-21-20-6-1-2-7-22(20)25(29)23(21)15-27/h1-2,6-9,13-14,25-26,28-29H,3-5,10-12,15-16H2. The number of aryl methyl sites for hydroxylation is 1. The van der Waals surface area contributed by atoms with E-state index in [1.165, 1.54) is 27.7 Å². The molecular formula is C25H28N2O2. The maximum Gasteiger partial charge on any atom is 0.102 e. The zero-order chi connectivity index (χ0) is 19.8. The zero-order valence-electron chi connectivity index (χ0n) is 16.7. The molecule has 4 nitrogen and oxygen atoms in total. The molecule has 150 valence electrons. The molecule has 1 aliphatic carbocycles. The van der Waals surface area contributed by atoms with Gasteiger partial charge in [0.1, 0.15) is 6.10 Å². The lowest BCUT2D eigenvalue weighted by Gasteiger charge is -2.29. The Hall–Kier alpha value is -2.40. The first kappa shape index (κ1) is 18.6. The van der Waals surface area contributed by atoms with E-state index in [1.807, 2.05) is 18.2 Å². The van der Waals surface area contributed by atoms with E-state index in [4.69, 9.17) is 0 Å². The van der Waals surface area contributed by atoms with Gasteiger partial charge < -0.3 is 15.2 Å². The molecule has 3 N–H and O–H groups in total. The van der Waals surface area contributed by atoms with Gasteiger partial charge >= 0.3 is 0 Å². The van der Waals surface area contributed by atoms with Crippen LogP contribution in [-0.4, -0.2) is 39.7 Å². The molecule has 2 aliphatic rings. The Balaban J connectivity index is 1.16. The van der Waals surface area contributed by atoms with Crippen LogP contribution in [0.25, 0.3) is 16.5 Å². The topological polar surface area (TPSA) is 59.5 Å². The molecule has 0 saturated carbocycles. The molecule has 1 unspecified atom stereocenters. The van der Waals surface area contributed by atoms with Crippen LogP contribution < -0.4 is 0 Å². The Morgan fingerprint density at radius 3 is 2.90 bits per heavy atom. The number of H-pyrrole nitrogens is 1. The molecule has 2 aromatic carbocycles. The number of hydrogen-bond donors (Lipinski definition) is 3. The van der Waals surface area contributed by atoms with Gasteiger partial charge in [0.15, 0.2) is 0 Å². The largest absolute Gasteiger partial charge is 0.392 e. The molecule has 3 aromatic rings. The van der Waals surface area contributed by atoms with Gasteiger partial charge in [-0.2, -0.15) is 0 Å². The number of fused-ring (bicyclic) bond motifs is 3. The number of rotatable bonds is 6. The number of aromatic amines is 1. The molecule has 0 amide bonds. The molecule has 1 aliphatic heterocycles. The number of aliphatic hydroxyl groups excluding tert-OH is 2. The van der Waals surface area contributed by atoms with Crippen molar-refractivity contribution in [2.24, 2.45) is 0 Å². The molecule has 0 fully saturated rings. The molecule has 2 heterocycles. The van der Waals surface area contributed by atoms with E-state index in [1.54, 1.807) is 0 Å². The van der Waals surface area contributed by atoms with Crippen molar-refractivity contribution in [3.8, 4) is 0 Å². The van der Waals surface area contributed by atoms with E-state index in [2.05, 4.69) is 40.3 Å². The average molecular weight is 389 g/mol. The summed E-state index contributed by atoms with van der Waals surface area (Å²) in [5.74, 6) is 0. The van der Waals surface area contributed by atoms with Gasteiger partial charge in [-0.15, -0.1) is 0 Å². The van der Waals surface area contributed by atoms with Gasteiger partial charge in [0, 0.05) is 30.2 Å². The molecule has 4 heteroatoms. The number of hydrogen-bond acceptors (Lipinski definition) is 3. The lowest BCUT2D eigenvalue weighted by molar-refractivity contribution is 0.193. The Morgan fingerprint density at radius 1 is 1.10 bits per heavy atom. The maximum absolute atomic E-state index is 10.7. The summed E-state index contributed by atoms with van der Waals surface area (Å²) >= 11 is 0. The molecule has 0 saturated heterocycles. The van der Waals surface area contributed by atoms with Gasteiger partial charge in [-0.3, -0.25) is 4.90 Å². The predicted molar refractivity (Wildman–Crippen MR) is 117 cm³/mol. The fourth-order valence-electron chi connectivity index (χ4n) is 4.98. The van der Waals surface area contributed by atoms with Crippen LogP contribution in [0.1, 0.15) is 47.6 Å². The van der Waals surface area contributed by atoms with Gasteiger partial charge in [-0.1, -0.05) is 36.4 Å². The van der Waals surface area contributed by atoms with Crippen LogP contribution in [0.15, 0.2) is 54.2 Å². The molecule has 0 bridgehead atoms. The highest BCUT2D eigenvalue weighted by Gasteiger charge is 2.32. The third kappa shape index (κ3) is 3.42. The van der Waals surface area contributed by atoms with Crippen LogP contribution in [-0.2, 0) is 13.0 Å². The summed E-state index contributed by atoms with van der Waals surface area (Å²) in [5, 5.41) is 21.3. The zero-order valence-corrected chi connectivity index (χ0v) is 16.7. The third-order valence-corrected chi connectivity index (χ3v) is 6.56. The minimum Gasteiger partial charge on any atom is -0.392 e. The Morgan fingerprint density at radius 2 is 2.00 bits per heavy atom. The maximum atomic E-state index is 10.7. The van der Waals surface area contributed by atoms with Crippen LogP contribution in [0, 0.1) is 0 Å². The number of benzene rings is 2. The smallest absolute Gasteiger partial charge is 0.102 e. The lowest BCUT2D eigenvalue weighted by atomic mass is 9.98. The van der Waals surface area contributed by atoms with Gasteiger partial charge in [0.05, 0.1) is 6.61 Å². The van der Waals surface area contributed by atoms with Crippen molar-refractivity contribution >= 4 is 16.5 Å². The summed E-state index contributed by atoms with van der Waals surface area (Å²) in [6.45, 7) is 3.13. The number of nitrogens with one attached hydrogen (secondary N) is 1. The highest BCUT2D eigenvalue weighted by atomic mass is 16.3.